The van der Waals surface area contributed by atoms with Gasteiger partial charge >= 0.3 is 0 Å². The molecule has 0 aliphatic heterocycles. The van der Waals surface area contributed by atoms with Crippen molar-refractivity contribution in [3.63, 3.8) is 0 Å². The molecule has 158 valence electrons. The van der Waals surface area contributed by atoms with Crippen LogP contribution in [0.2, 0.25) is 0 Å². The number of nitrogens with zero attached hydrogens (tertiary/aromatic N) is 4. The number of ether oxygens (including phenoxy) is 1. The van der Waals surface area contributed by atoms with Gasteiger partial charge in [0.15, 0.2) is 0 Å². The molecule has 0 fully saturated rings. The van der Waals surface area contributed by atoms with E-state index in [0.29, 0.717) is 33.8 Å². The molecule has 0 aliphatic rings. The molecule has 5 aromatic rings. The van der Waals surface area contributed by atoms with E-state index in [1.165, 1.54) is 11.3 Å². The molecule has 0 saturated carbocycles. The van der Waals surface area contributed by atoms with Crippen LogP contribution in [0.1, 0.15) is 21.3 Å². The molecule has 5 rings (SSSR count). The van der Waals surface area contributed by atoms with Crippen LogP contribution >= 0.6 is 11.3 Å². The third kappa shape index (κ3) is 4.08. The molecule has 0 aliphatic carbocycles. The van der Waals surface area contributed by atoms with E-state index < -0.39 is 0 Å². The summed E-state index contributed by atoms with van der Waals surface area (Å²) in [6.07, 6.45) is 3.56. The molecule has 3 aromatic heterocycles. The molecule has 0 unspecified atom stereocenters. The van der Waals surface area contributed by atoms with Gasteiger partial charge in [-0.25, -0.2) is 9.97 Å². The first kappa shape index (κ1) is 19.9. The normalized spacial score (nSPS) is 10.9. The molecule has 8 heteroatoms. The lowest BCUT2D eigenvalue weighted by Gasteiger charge is -2.10. The second-order valence-electron chi connectivity index (χ2n) is 7.19. The van der Waals surface area contributed by atoms with E-state index in [1.54, 1.807) is 36.5 Å². The number of hydrogen-bond acceptors (Lipinski definition) is 6. The van der Waals surface area contributed by atoms with Crippen LogP contribution in [0.3, 0.4) is 0 Å². The number of aryl methyl sites for hydroxylation is 2. The summed E-state index contributed by atoms with van der Waals surface area (Å²) in [4.78, 5) is 26.3. The summed E-state index contributed by atoms with van der Waals surface area (Å²) < 4.78 is 8.89. The van der Waals surface area contributed by atoms with Gasteiger partial charge in [0.25, 0.3) is 5.91 Å². The molecule has 32 heavy (non-hydrogen) atoms. The molecule has 0 bridgehead atoms. The third-order valence-electron chi connectivity index (χ3n) is 4.86. The zero-order chi connectivity index (χ0) is 22.1. The zero-order valence-corrected chi connectivity index (χ0v) is 18.3. The van der Waals surface area contributed by atoms with Crippen molar-refractivity contribution in [1.29, 1.82) is 0 Å². The van der Waals surface area contributed by atoms with Crippen LogP contribution in [-0.2, 0) is 0 Å². The second-order valence-corrected chi connectivity index (χ2v) is 8.27. The summed E-state index contributed by atoms with van der Waals surface area (Å²) in [5.41, 5.74) is 0.688. The van der Waals surface area contributed by atoms with Crippen LogP contribution in [0.15, 0.2) is 73.1 Å². The van der Waals surface area contributed by atoms with Gasteiger partial charge in [-0.2, -0.15) is 4.98 Å². The van der Waals surface area contributed by atoms with Crippen molar-refractivity contribution in [2.24, 2.45) is 0 Å². The Morgan fingerprint density at radius 1 is 1.03 bits per heavy atom. The van der Waals surface area contributed by atoms with E-state index in [4.69, 9.17) is 4.74 Å². The van der Waals surface area contributed by atoms with Crippen molar-refractivity contribution in [2.45, 2.75) is 13.8 Å². The summed E-state index contributed by atoms with van der Waals surface area (Å²) in [5, 5.41) is 4.00. The maximum Gasteiger partial charge on any atom is 0.265 e. The fourth-order valence-corrected chi connectivity index (χ4v) is 4.29. The first-order chi connectivity index (χ1) is 15.5. The van der Waals surface area contributed by atoms with Gasteiger partial charge < -0.3 is 10.1 Å². The third-order valence-corrected chi connectivity index (χ3v) is 5.97. The lowest BCUT2D eigenvalue weighted by molar-refractivity contribution is 0.103. The molecule has 0 atom stereocenters. The number of anilines is 1. The standard InChI is InChI=1S/C24H19N5O2S/c1-15-26-22(29-12-11-25-16(29)2)14-23(27-15)31-19-9-7-18(8-10-19)28-24(30)21-13-17-5-3-4-6-20(17)32-21/h3-14H,1-2H3,(H,28,30). The number of carbonyl (C=O) groups excluding carboxylic acids is 1. The minimum Gasteiger partial charge on any atom is -0.439 e. The van der Waals surface area contributed by atoms with Crippen molar-refractivity contribution in [2.75, 3.05) is 5.32 Å². The van der Waals surface area contributed by atoms with Gasteiger partial charge in [0, 0.05) is 28.8 Å². The Labute approximate surface area is 188 Å². The van der Waals surface area contributed by atoms with Gasteiger partial charge in [0.05, 0.1) is 4.88 Å². The molecule has 0 radical (unpaired) electrons. The number of fused-ring (bicyclic) bond motifs is 1. The predicted octanol–water partition coefficient (Wildman–Crippen LogP) is 5.54. The van der Waals surface area contributed by atoms with E-state index >= 15 is 0 Å². The van der Waals surface area contributed by atoms with Gasteiger partial charge in [0.2, 0.25) is 5.88 Å². The molecular weight excluding hydrogens is 422 g/mol. The van der Waals surface area contributed by atoms with Gasteiger partial charge in [-0.15, -0.1) is 11.3 Å². The summed E-state index contributed by atoms with van der Waals surface area (Å²) in [7, 11) is 0. The SMILES string of the molecule is Cc1nc(Oc2ccc(NC(=O)c3cc4ccccc4s3)cc2)cc(-n2ccnc2C)n1. The maximum atomic E-state index is 12.6. The average molecular weight is 442 g/mol. The Morgan fingerprint density at radius 2 is 1.84 bits per heavy atom. The highest BCUT2D eigenvalue weighted by Gasteiger charge is 2.11. The Bertz CT molecular complexity index is 1390. The van der Waals surface area contributed by atoms with E-state index in [2.05, 4.69) is 20.3 Å². The fraction of sp³-hybridized carbons (Fsp3) is 0.0833. The number of nitrogens with one attached hydrogen (secondary N) is 1. The van der Waals surface area contributed by atoms with Crippen LogP contribution < -0.4 is 10.1 Å². The number of thiophene rings is 1. The summed E-state index contributed by atoms with van der Waals surface area (Å²) in [6, 6.07) is 18.8. The number of aromatic nitrogens is 4. The highest BCUT2D eigenvalue weighted by molar-refractivity contribution is 7.20. The van der Waals surface area contributed by atoms with Gasteiger partial charge in [-0.05, 0) is 55.6 Å². The lowest BCUT2D eigenvalue weighted by Crippen LogP contribution is -2.09. The molecule has 2 aromatic carbocycles. The number of carbonyl (C=O) groups is 1. The van der Waals surface area contributed by atoms with E-state index in [0.717, 1.165) is 15.9 Å². The Hall–Kier alpha value is -4.04. The number of benzene rings is 2. The van der Waals surface area contributed by atoms with Crippen molar-refractivity contribution in [3.05, 3.63) is 89.6 Å². The summed E-state index contributed by atoms with van der Waals surface area (Å²) >= 11 is 1.47. The molecule has 1 amide bonds. The van der Waals surface area contributed by atoms with Crippen molar-refractivity contribution < 1.29 is 9.53 Å². The number of rotatable bonds is 5. The second kappa shape index (κ2) is 8.24. The maximum absolute atomic E-state index is 12.6. The quantitative estimate of drug-likeness (QED) is 0.387. The van der Waals surface area contributed by atoms with Crippen LogP contribution in [0.5, 0.6) is 11.6 Å². The molecule has 7 nitrogen and oxygen atoms in total. The fourth-order valence-electron chi connectivity index (χ4n) is 3.33. The highest BCUT2D eigenvalue weighted by Crippen LogP contribution is 2.27. The molecule has 3 heterocycles. The van der Waals surface area contributed by atoms with E-state index in [-0.39, 0.29) is 5.91 Å². The average Bonchev–Trinajstić information content (AvgIpc) is 3.41. The Balaban J connectivity index is 1.30. The molecule has 1 N–H and O–H groups in total. The summed E-state index contributed by atoms with van der Waals surface area (Å²) in [5.74, 6) is 3.02. The first-order valence-corrected chi connectivity index (χ1v) is 10.8. The first-order valence-electron chi connectivity index (χ1n) is 9.99. The van der Waals surface area contributed by atoms with Crippen LogP contribution in [-0.4, -0.2) is 25.4 Å². The number of amides is 1. The van der Waals surface area contributed by atoms with Crippen molar-refractivity contribution in [3.8, 4) is 17.4 Å². The largest absolute Gasteiger partial charge is 0.439 e. The minimum absolute atomic E-state index is 0.133. The van der Waals surface area contributed by atoms with Crippen LogP contribution in [0.4, 0.5) is 5.69 Å². The van der Waals surface area contributed by atoms with Gasteiger partial charge in [-0.3, -0.25) is 9.36 Å². The highest BCUT2D eigenvalue weighted by atomic mass is 32.1. The van der Waals surface area contributed by atoms with Crippen LogP contribution in [0, 0.1) is 13.8 Å². The monoisotopic (exact) mass is 441 g/mol. The predicted molar refractivity (Wildman–Crippen MR) is 125 cm³/mol. The summed E-state index contributed by atoms with van der Waals surface area (Å²) in [6.45, 7) is 3.72. The Kier molecular flexibility index (Phi) is 5.12. The van der Waals surface area contributed by atoms with Crippen LogP contribution in [0.25, 0.3) is 15.9 Å². The van der Waals surface area contributed by atoms with Crippen molar-refractivity contribution >= 4 is 33.0 Å². The lowest BCUT2D eigenvalue weighted by atomic mass is 10.2. The molecule has 0 spiro atoms. The number of hydrogen-bond donors (Lipinski definition) is 1. The van der Waals surface area contributed by atoms with E-state index in [1.807, 2.05) is 54.9 Å². The van der Waals surface area contributed by atoms with Gasteiger partial charge in [0.1, 0.15) is 23.2 Å². The molecular formula is C24H19N5O2S. The zero-order valence-electron chi connectivity index (χ0n) is 17.4. The Morgan fingerprint density at radius 3 is 2.59 bits per heavy atom. The smallest absolute Gasteiger partial charge is 0.265 e. The van der Waals surface area contributed by atoms with Gasteiger partial charge in [-0.1, -0.05) is 18.2 Å². The topological polar surface area (TPSA) is 81.9 Å². The van der Waals surface area contributed by atoms with Crippen molar-refractivity contribution in [1.82, 2.24) is 19.5 Å². The number of imidazole rings is 1. The molecule has 0 saturated heterocycles. The minimum atomic E-state index is -0.133. The van der Waals surface area contributed by atoms with E-state index in [9.17, 15) is 4.79 Å².